The van der Waals surface area contributed by atoms with Crippen molar-refractivity contribution in [2.75, 3.05) is 0 Å². The Balaban J connectivity index is 2.79. The van der Waals surface area contributed by atoms with Crippen molar-refractivity contribution in [3.8, 4) is 0 Å². The second kappa shape index (κ2) is 3.90. The van der Waals surface area contributed by atoms with Crippen LogP contribution in [0.3, 0.4) is 0 Å². The average molecular weight is 182 g/mol. The van der Waals surface area contributed by atoms with E-state index in [1.54, 1.807) is 0 Å². The lowest BCUT2D eigenvalue weighted by Crippen LogP contribution is -2.02. The van der Waals surface area contributed by atoms with Crippen LogP contribution in [-0.2, 0) is 0 Å². The molecule has 0 aliphatic carbocycles. The zero-order valence-electron chi connectivity index (χ0n) is 9.03. The van der Waals surface area contributed by atoms with Crippen LogP contribution in [0.15, 0.2) is 4.52 Å². The van der Waals surface area contributed by atoms with Crippen molar-refractivity contribution >= 4 is 0 Å². The minimum absolute atomic E-state index is 0.344. The lowest BCUT2D eigenvalue weighted by molar-refractivity contribution is 0.328. The molecule has 0 aromatic carbocycles. The van der Waals surface area contributed by atoms with Crippen molar-refractivity contribution in [2.45, 2.75) is 46.5 Å². The first kappa shape index (κ1) is 10.2. The molecule has 0 radical (unpaired) electrons. The number of hydrogen-bond donors (Lipinski definition) is 0. The summed E-state index contributed by atoms with van der Waals surface area (Å²) in [6.07, 6.45) is 0. The van der Waals surface area contributed by atoms with Gasteiger partial charge in [0.1, 0.15) is 0 Å². The van der Waals surface area contributed by atoms with Gasteiger partial charge in [0.2, 0.25) is 5.89 Å². The van der Waals surface area contributed by atoms with Crippen LogP contribution < -0.4 is 0 Å². The van der Waals surface area contributed by atoms with Crippen LogP contribution in [0.2, 0.25) is 0 Å². The van der Waals surface area contributed by atoms with Gasteiger partial charge in [0.05, 0.1) is 0 Å². The summed E-state index contributed by atoms with van der Waals surface area (Å²) in [5, 5.41) is 3.93. The molecule has 0 bridgehead atoms. The molecule has 3 heteroatoms. The van der Waals surface area contributed by atoms with E-state index in [4.69, 9.17) is 4.52 Å². The Bertz CT molecular complexity index is 266. The van der Waals surface area contributed by atoms with Crippen LogP contribution in [0.5, 0.6) is 0 Å². The molecular formula is C10H18N2O. The largest absolute Gasteiger partial charge is 0.339 e. The van der Waals surface area contributed by atoms with E-state index < -0.39 is 0 Å². The molecule has 1 atom stereocenters. The first-order chi connectivity index (χ1) is 6.02. The topological polar surface area (TPSA) is 38.9 Å². The maximum atomic E-state index is 5.19. The third-order valence-corrected chi connectivity index (χ3v) is 2.36. The second-order valence-electron chi connectivity index (χ2n) is 4.18. The van der Waals surface area contributed by atoms with Crippen LogP contribution in [0.25, 0.3) is 0 Å². The highest BCUT2D eigenvalue weighted by Crippen LogP contribution is 2.23. The molecule has 1 heterocycles. The molecule has 0 fully saturated rings. The molecule has 0 aliphatic rings. The highest BCUT2D eigenvalue weighted by Gasteiger charge is 2.18. The summed E-state index contributed by atoms with van der Waals surface area (Å²) in [6, 6.07) is 0. The van der Waals surface area contributed by atoms with Gasteiger partial charge in [0.25, 0.3) is 0 Å². The molecule has 0 N–H and O–H groups in total. The summed E-state index contributed by atoms with van der Waals surface area (Å²) >= 11 is 0. The lowest BCUT2D eigenvalue weighted by atomic mass is 9.98. The Morgan fingerprint density at radius 3 is 2.08 bits per heavy atom. The van der Waals surface area contributed by atoms with E-state index >= 15 is 0 Å². The minimum atomic E-state index is 0.344. The quantitative estimate of drug-likeness (QED) is 0.721. The van der Waals surface area contributed by atoms with Crippen molar-refractivity contribution in [1.29, 1.82) is 0 Å². The van der Waals surface area contributed by atoms with E-state index in [2.05, 4.69) is 44.8 Å². The number of rotatable bonds is 3. The van der Waals surface area contributed by atoms with Crippen molar-refractivity contribution in [1.82, 2.24) is 10.1 Å². The van der Waals surface area contributed by atoms with E-state index in [1.807, 2.05) is 0 Å². The molecular weight excluding hydrogens is 164 g/mol. The van der Waals surface area contributed by atoms with Crippen LogP contribution in [0, 0.1) is 5.92 Å². The fraction of sp³-hybridized carbons (Fsp3) is 0.800. The maximum Gasteiger partial charge on any atom is 0.229 e. The Kier molecular flexibility index (Phi) is 3.07. The number of nitrogens with zero attached hydrogens (tertiary/aromatic N) is 2. The van der Waals surface area contributed by atoms with Gasteiger partial charge in [-0.2, -0.15) is 4.98 Å². The van der Waals surface area contributed by atoms with Gasteiger partial charge in [-0.05, 0) is 5.92 Å². The van der Waals surface area contributed by atoms with E-state index in [0.29, 0.717) is 17.8 Å². The van der Waals surface area contributed by atoms with Crippen LogP contribution in [-0.4, -0.2) is 10.1 Å². The summed E-state index contributed by atoms with van der Waals surface area (Å²) < 4.78 is 5.19. The Morgan fingerprint density at radius 2 is 1.69 bits per heavy atom. The van der Waals surface area contributed by atoms with Gasteiger partial charge in [0, 0.05) is 11.8 Å². The molecule has 3 nitrogen and oxygen atoms in total. The van der Waals surface area contributed by atoms with Gasteiger partial charge in [-0.25, -0.2) is 0 Å². The summed E-state index contributed by atoms with van der Waals surface area (Å²) in [6.45, 7) is 10.6. The van der Waals surface area contributed by atoms with Gasteiger partial charge in [-0.15, -0.1) is 0 Å². The molecule has 13 heavy (non-hydrogen) atoms. The summed E-state index contributed by atoms with van der Waals surface area (Å²) in [4.78, 5) is 4.35. The predicted molar refractivity (Wildman–Crippen MR) is 51.6 cm³/mol. The summed E-state index contributed by atoms with van der Waals surface area (Å²) in [5.74, 6) is 2.80. The Labute approximate surface area is 79.5 Å². The van der Waals surface area contributed by atoms with Gasteiger partial charge < -0.3 is 4.52 Å². The summed E-state index contributed by atoms with van der Waals surface area (Å²) in [7, 11) is 0. The molecule has 74 valence electrons. The molecule has 0 spiro atoms. The van der Waals surface area contributed by atoms with Crippen molar-refractivity contribution in [2.24, 2.45) is 5.92 Å². The van der Waals surface area contributed by atoms with Crippen molar-refractivity contribution in [3.63, 3.8) is 0 Å². The molecule has 1 rings (SSSR count). The fourth-order valence-corrected chi connectivity index (χ4v) is 0.952. The van der Waals surface area contributed by atoms with Crippen LogP contribution in [0.4, 0.5) is 0 Å². The predicted octanol–water partition coefficient (Wildman–Crippen LogP) is 2.95. The molecule has 0 aliphatic heterocycles. The van der Waals surface area contributed by atoms with Crippen LogP contribution in [0.1, 0.15) is 58.2 Å². The maximum absolute atomic E-state index is 5.19. The van der Waals surface area contributed by atoms with Gasteiger partial charge >= 0.3 is 0 Å². The SMILES string of the molecule is CC(C)c1noc(C(C)C(C)C)n1. The molecule has 1 aromatic heterocycles. The zero-order valence-corrected chi connectivity index (χ0v) is 9.03. The first-order valence-corrected chi connectivity index (χ1v) is 4.85. The smallest absolute Gasteiger partial charge is 0.229 e. The van der Waals surface area contributed by atoms with Gasteiger partial charge in [0.15, 0.2) is 5.82 Å². The van der Waals surface area contributed by atoms with Crippen molar-refractivity contribution in [3.05, 3.63) is 11.7 Å². The Morgan fingerprint density at radius 1 is 1.08 bits per heavy atom. The molecule has 0 saturated heterocycles. The first-order valence-electron chi connectivity index (χ1n) is 4.85. The standard InChI is InChI=1S/C10H18N2O/c1-6(2)8(5)10-11-9(7(3)4)12-13-10/h6-8H,1-5H3. The summed E-state index contributed by atoms with van der Waals surface area (Å²) in [5.41, 5.74) is 0. The Hall–Kier alpha value is -0.860. The van der Waals surface area contributed by atoms with Crippen molar-refractivity contribution < 1.29 is 4.52 Å². The number of aromatic nitrogens is 2. The van der Waals surface area contributed by atoms with E-state index in [-0.39, 0.29) is 0 Å². The van der Waals surface area contributed by atoms with Crippen LogP contribution >= 0.6 is 0 Å². The second-order valence-corrected chi connectivity index (χ2v) is 4.18. The monoisotopic (exact) mass is 182 g/mol. The molecule has 1 aromatic rings. The third-order valence-electron chi connectivity index (χ3n) is 2.36. The van der Waals surface area contributed by atoms with Gasteiger partial charge in [-0.3, -0.25) is 0 Å². The molecule has 1 unspecified atom stereocenters. The fourth-order valence-electron chi connectivity index (χ4n) is 0.952. The average Bonchev–Trinajstić information content (AvgIpc) is 2.50. The number of hydrogen-bond acceptors (Lipinski definition) is 3. The van der Waals surface area contributed by atoms with E-state index in [9.17, 15) is 0 Å². The normalized spacial score (nSPS) is 14.1. The zero-order chi connectivity index (χ0) is 10.0. The van der Waals surface area contributed by atoms with Gasteiger partial charge in [-0.1, -0.05) is 39.8 Å². The van der Waals surface area contributed by atoms with E-state index in [1.165, 1.54) is 0 Å². The third kappa shape index (κ3) is 2.29. The molecule has 0 amide bonds. The highest BCUT2D eigenvalue weighted by atomic mass is 16.5. The molecule has 0 saturated carbocycles. The highest BCUT2D eigenvalue weighted by molar-refractivity contribution is 4.96. The minimum Gasteiger partial charge on any atom is -0.339 e. The lowest BCUT2D eigenvalue weighted by Gasteiger charge is -2.08. The van der Waals surface area contributed by atoms with E-state index in [0.717, 1.165) is 11.7 Å².